The molecule has 1 aromatic rings. The van der Waals surface area contributed by atoms with Gasteiger partial charge in [-0.1, -0.05) is 13.8 Å². The molecule has 0 aliphatic heterocycles. The predicted molar refractivity (Wildman–Crippen MR) is 65.4 cm³/mol. The number of hydrogen-bond acceptors (Lipinski definition) is 3. The van der Waals surface area contributed by atoms with E-state index in [-0.39, 0.29) is 28.9 Å². The van der Waals surface area contributed by atoms with Crippen molar-refractivity contribution < 1.29 is 14.7 Å². The maximum absolute atomic E-state index is 11.8. The number of aromatic hydroxyl groups is 1. The van der Waals surface area contributed by atoms with E-state index in [1.165, 1.54) is 13.1 Å². The number of nitrogens with one attached hydrogen (secondary N) is 1. The van der Waals surface area contributed by atoms with Crippen molar-refractivity contribution in [1.29, 1.82) is 0 Å². The Morgan fingerprint density at radius 1 is 1.24 bits per heavy atom. The third kappa shape index (κ3) is 2.46. The van der Waals surface area contributed by atoms with Crippen molar-refractivity contribution in [3.05, 3.63) is 28.8 Å². The first kappa shape index (κ1) is 13.2. The Hall–Kier alpha value is -1.84. The van der Waals surface area contributed by atoms with Gasteiger partial charge in [-0.15, -0.1) is 0 Å². The summed E-state index contributed by atoms with van der Waals surface area (Å²) in [6.45, 7) is 5.16. The number of benzene rings is 1. The summed E-state index contributed by atoms with van der Waals surface area (Å²) in [6, 6.07) is 3.05. The third-order valence-electron chi connectivity index (χ3n) is 2.69. The Morgan fingerprint density at radius 2 is 1.76 bits per heavy atom. The largest absolute Gasteiger partial charge is 0.507 e. The maximum Gasteiger partial charge on any atom is 0.251 e. The molecule has 1 rings (SSSR count). The van der Waals surface area contributed by atoms with E-state index >= 15 is 0 Å². The number of rotatable bonds is 3. The SMILES string of the molecule is CNC(=O)c1ccc(C(=O)C(C)C)c(O)c1C. The van der Waals surface area contributed by atoms with Gasteiger partial charge >= 0.3 is 0 Å². The fraction of sp³-hybridized carbons (Fsp3) is 0.385. The van der Waals surface area contributed by atoms with Gasteiger partial charge in [0.15, 0.2) is 5.78 Å². The first-order valence-electron chi connectivity index (χ1n) is 5.49. The Morgan fingerprint density at radius 3 is 2.24 bits per heavy atom. The first-order valence-corrected chi connectivity index (χ1v) is 5.49. The van der Waals surface area contributed by atoms with Crippen LogP contribution in [0, 0.1) is 12.8 Å². The van der Waals surface area contributed by atoms with Crippen LogP contribution in [0.3, 0.4) is 0 Å². The molecule has 92 valence electrons. The minimum atomic E-state index is -0.277. The fourth-order valence-corrected chi connectivity index (χ4v) is 1.59. The molecule has 0 radical (unpaired) electrons. The molecular weight excluding hydrogens is 218 g/mol. The van der Waals surface area contributed by atoms with Crippen molar-refractivity contribution in [3.8, 4) is 5.75 Å². The van der Waals surface area contributed by atoms with Gasteiger partial charge in [0, 0.05) is 24.1 Å². The van der Waals surface area contributed by atoms with Gasteiger partial charge in [0.1, 0.15) is 5.75 Å². The van der Waals surface area contributed by atoms with E-state index in [2.05, 4.69) is 5.32 Å². The quantitative estimate of drug-likeness (QED) is 0.786. The number of carbonyl (C=O) groups is 2. The van der Waals surface area contributed by atoms with E-state index in [0.717, 1.165) is 0 Å². The van der Waals surface area contributed by atoms with Gasteiger partial charge in [0.25, 0.3) is 5.91 Å². The topological polar surface area (TPSA) is 66.4 Å². The molecule has 0 fully saturated rings. The van der Waals surface area contributed by atoms with Crippen molar-refractivity contribution in [1.82, 2.24) is 5.32 Å². The lowest BCUT2D eigenvalue weighted by atomic mass is 9.95. The van der Waals surface area contributed by atoms with Crippen LogP contribution >= 0.6 is 0 Å². The van der Waals surface area contributed by atoms with Crippen molar-refractivity contribution in [2.24, 2.45) is 5.92 Å². The van der Waals surface area contributed by atoms with Gasteiger partial charge in [0.2, 0.25) is 0 Å². The average molecular weight is 235 g/mol. The summed E-state index contributed by atoms with van der Waals surface area (Å²) in [4.78, 5) is 23.3. The fourth-order valence-electron chi connectivity index (χ4n) is 1.59. The maximum atomic E-state index is 11.8. The molecule has 4 nitrogen and oxygen atoms in total. The van der Waals surface area contributed by atoms with E-state index < -0.39 is 0 Å². The summed E-state index contributed by atoms with van der Waals surface area (Å²) >= 11 is 0. The predicted octanol–water partition coefficient (Wildman–Crippen LogP) is 1.90. The molecule has 2 N–H and O–H groups in total. The third-order valence-corrected chi connectivity index (χ3v) is 2.69. The Balaban J connectivity index is 3.29. The summed E-state index contributed by atoms with van der Waals surface area (Å²) in [5.74, 6) is -0.702. The average Bonchev–Trinajstić information content (AvgIpc) is 2.30. The molecule has 0 heterocycles. The summed E-state index contributed by atoms with van der Waals surface area (Å²) in [6.07, 6.45) is 0. The molecule has 17 heavy (non-hydrogen) atoms. The lowest BCUT2D eigenvalue weighted by Gasteiger charge is -2.11. The highest BCUT2D eigenvalue weighted by Gasteiger charge is 2.19. The van der Waals surface area contributed by atoms with Crippen molar-refractivity contribution in [3.63, 3.8) is 0 Å². The monoisotopic (exact) mass is 235 g/mol. The summed E-state index contributed by atoms with van der Waals surface area (Å²) in [7, 11) is 1.52. The molecule has 1 amide bonds. The standard InChI is InChI=1S/C13H17NO3/c1-7(2)11(15)10-6-5-9(13(17)14-4)8(3)12(10)16/h5-7,16H,1-4H3,(H,14,17). The Bertz CT molecular complexity index is 464. The van der Waals surface area contributed by atoms with Gasteiger partial charge < -0.3 is 10.4 Å². The highest BCUT2D eigenvalue weighted by molar-refractivity contribution is 6.03. The zero-order chi connectivity index (χ0) is 13.2. The van der Waals surface area contributed by atoms with Crippen LogP contribution in [0.5, 0.6) is 5.75 Å². The van der Waals surface area contributed by atoms with Crippen molar-refractivity contribution in [2.75, 3.05) is 7.05 Å². The summed E-state index contributed by atoms with van der Waals surface area (Å²) in [5.41, 5.74) is 1.08. The molecule has 0 spiro atoms. The van der Waals surface area contributed by atoms with Crippen LogP contribution in [0.2, 0.25) is 0 Å². The van der Waals surface area contributed by atoms with E-state index in [0.29, 0.717) is 11.1 Å². The molecular formula is C13H17NO3. The van der Waals surface area contributed by atoms with Crippen molar-refractivity contribution in [2.45, 2.75) is 20.8 Å². The molecule has 0 atom stereocenters. The molecule has 0 saturated heterocycles. The highest BCUT2D eigenvalue weighted by Crippen LogP contribution is 2.27. The van der Waals surface area contributed by atoms with Crippen LogP contribution in [-0.2, 0) is 0 Å². The molecule has 0 aromatic heterocycles. The van der Waals surface area contributed by atoms with Crippen LogP contribution < -0.4 is 5.32 Å². The van der Waals surface area contributed by atoms with Gasteiger partial charge in [-0.3, -0.25) is 9.59 Å². The minimum absolute atomic E-state index is 0.107. The molecule has 0 saturated carbocycles. The van der Waals surface area contributed by atoms with Crippen LogP contribution in [0.15, 0.2) is 12.1 Å². The summed E-state index contributed by atoms with van der Waals surface area (Å²) in [5, 5.41) is 12.4. The molecule has 0 aliphatic carbocycles. The zero-order valence-corrected chi connectivity index (χ0v) is 10.5. The van der Waals surface area contributed by atoms with Gasteiger partial charge in [-0.25, -0.2) is 0 Å². The van der Waals surface area contributed by atoms with E-state index in [1.54, 1.807) is 26.8 Å². The molecule has 0 aliphatic rings. The lowest BCUT2D eigenvalue weighted by Crippen LogP contribution is -2.19. The van der Waals surface area contributed by atoms with Gasteiger partial charge in [-0.2, -0.15) is 0 Å². The Kier molecular flexibility index (Phi) is 3.89. The van der Waals surface area contributed by atoms with Crippen molar-refractivity contribution >= 4 is 11.7 Å². The number of phenolic OH excluding ortho intramolecular Hbond substituents is 1. The molecule has 0 unspecified atom stereocenters. The number of ketones is 1. The molecule has 4 heteroatoms. The second-order valence-electron chi connectivity index (χ2n) is 4.23. The highest BCUT2D eigenvalue weighted by atomic mass is 16.3. The second-order valence-corrected chi connectivity index (χ2v) is 4.23. The lowest BCUT2D eigenvalue weighted by molar-refractivity contribution is 0.0931. The van der Waals surface area contributed by atoms with Crippen LogP contribution in [0.25, 0.3) is 0 Å². The number of phenols is 1. The number of amides is 1. The normalized spacial score (nSPS) is 10.4. The van der Waals surface area contributed by atoms with Gasteiger partial charge in [-0.05, 0) is 19.1 Å². The van der Waals surface area contributed by atoms with E-state index in [4.69, 9.17) is 0 Å². The molecule has 1 aromatic carbocycles. The zero-order valence-electron chi connectivity index (χ0n) is 10.5. The Labute approximate surface area is 101 Å². The second kappa shape index (κ2) is 4.99. The minimum Gasteiger partial charge on any atom is -0.507 e. The van der Waals surface area contributed by atoms with E-state index in [1.807, 2.05) is 0 Å². The number of hydrogen-bond donors (Lipinski definition) is 2. The number of carbonyl (C=O) groups excluding carboxylic acids is 2. The van der Waals surface area contributed by atoms with Crippen LogP contribution in [0.4, 0.5) is 0 Å². The summed E-state index contributed by atoms with van der Waals surface area (Å²) < 4.78 is 0. The van der Waals surface area contributed by atoms with Crippen LogP contribution in [-0.4, -0.2) is 23.8 Å². The smallest absolute Gasteiger partial charge is 0.251 e. The molecule has 0 bridgehead atoms. The van der Waals surface area contributed by atoms with Crippen LogP contribution in [0.1, 0.15) is 40.1 Å². The first-order chi connectivity index (χ1) is 7.90. The number of Topliss-reactive ketones (excluding diaryl/α,β-unsaturated/α-hetero) is 1. The van der Waals surface area contributed by atoms with Gasteiger partial charge in [0.05, 0.1) is 5.56 Å². The van der Waals surface area contributed by atoms with E-state index in [9.17, 15) is 14.7 Å².